The fourth-order valence-corrected chi connectivity index (χ4v) is 4.07. The summed E-state index contributed by atoms with van der Waals surface area (Å²) in [5, 5.41) is 5.66. The molecular formula is C29H23N3O6. The highest BCUT2D eigenvalue weighted by Gasteiger charge is 2.18. The zero-order valence-electron chi connectivity index (χ0n) is 20.9. The normalized spacial score (nSPS) is 11.1. The van der Waals surface area contributed by atoms with Gasteiger partial charge in [-0.15, -0.1) is 6.42 Å². The van der Waals surface area contributed by atoms with E-state index in [0.717, 1.165) is 5.39 Å². The van der Waals surface area contributed by atoms with E-state index in [-0.39, 0.29) is 18.0 Å². The number of benzene rings is 3. The van der Waals surface area contributed by atoms with Crippen LogP contribution in [0.25, 0.3) is 33.5 Å². The van der Waals surface area contributed by atoms with Crippen molar-refractivity contribution in [2.45, 2.75) is 0 Å². The first-order valence-corrected chi connectivity index (χ1v) is 11.5. The Kier molecular flexibility index (Phi) is 6.70. The van der Waals surface area contributed by atoms with Gasteiger partial charge in [0, 0.05) is 5.56 Å². The Morgan fingerprint density at radius 3 is 2.42 bits per heavy atom. The second kappa shape index (κ2) is 10.4. The summed E-state index contributed by atoms with van der Waals surface area (Å²) >= 11 is 0. The monoisotopic (exact) mass is 509 g/mol. The Morgan fingerprint density at radius 2 is 1.71 bits per heavy atom. The van der Waals surface area contributed by atoms with Crippen LogP contribution in [0.4, 0.5) is 0 Å². The van der Waals surface area contributed by atoms with Gasteiger partial charge in [-0.3, -0.25) is 4.79 Å². The molecular weight excluding hydrogens is 486 g/mol. The molecule has 9 nitrogen and oxygen atoms in total. The van der Waals surface area contributed by atoms with Crippen LogP contribution in [0.1, 0.15) is 5.56 Å². The summed E-state index contributed by atoms with van der Waals surface area (Å²) in [5.74, 6) is 4.81. The lowest BCUT2D eigenvalue weighted by molar-refractivity contribution is 0.304. The summed E-state index contributed by atoms with van der Waals surface area (Å²) in [5.41, 5.74) is 1.34. The van der Waals surface area contributed by atoms with Gasteiger partial charge in [0.25, 0.3) is 5.56 Å². The van der Waals surface area contributed by atoms with E-state index in [4.69, 9.17) is 34.8 Å². The lowest BCUT2D eigenvalue weighted by Crippen LogP contribution is -2.20. The number of methoxy groups -OCH3 is 3. The summed E-state index contributed by atoms with van der Waals surface area (Å²) in [6.07, 6.45) is 6.83. The quantitative estimate of drug-likeness (QED) is 0.220. The second-order valence-corrected chi connectivity index (χ2v) is 8.04. The third-order valence-electron chi connectivity index (χ3n) is 5.82. The fourth-order valence-electron chi connectivity index (χ4n) is 4.07. The minimum absolute atomic E-state index is 0.0456. The molecule has 5 aromatic rings. The molecule has 0 radical (unpaired) electrons. The second-order valence-electron chi connectivity index (χ2n) is 8.04. The molecule has 38 heavy (non-hydrogen) atoms. The molecule has 0 aliphatic rings. The number of ether oxygens (including phenoxy) is 4. The number of hydrogen-bond acceptors (Lipinski definition) is 8. The Labute approximate surface area is 217 Å². The first-order chi connectivity index (χ1) is 18.6. The van der Waals surface area contributed by atoms with Gasteiger partial charge in [0.05, 0.1) is 43.8 Å². The van der Waals surface area contributed by atoms with Crippen molar-refractivity contribution in [3.05, 3.63) is 76.6 Å². The summed E-state index contributed by atoms with van der Waals surface area (Å²) in [6, 6.07) is 17.7. The van der Waals surface area contributed by atoms with Gasteiger partial charge in [-0.1, -0.05) is 24.1 Å². The maximum Gasteiger partial charge on any atom is 0.282 e. The molecule has 3 aromatic carbocycles. The van der Waals surface area contributed by atoms with Gasteiger partial charge in [-0.2, -0.15) is 9.78 Å². The maximum absolute atomic E-state index is 13.6. The van der Waals surface area contributed by atoms with Crippen LogP contribution in [0, 0.1) is 12.3 Å². The average Bonchev–Trinajstić information content (AvgIpc) is 3.39. The molecule has 0 saturated heterocycles. The van der Waals surface area contributed by atoms with Gasteiger partial charge in [0.15, 0.2) is 17.3 Å². The molecule has 0 saturated carbocycles. The van der Waals surface area contributed by atoms with Crippen molar-refractivity contribution in [2.24, 2.45) is 5.10 Å². The van der Waals surface area contributed by atoms with E-state index in [9.17, 15) is 4.79 Å². The van der Waals surface area contributed by atoms with Crippen LogP contribution in [0.2, 0.25) is 0 Å². The van der Waals surface area contributed by atoms with Crippen molar-refractivity contribution >= 4 is 28.1 Å². The third-order valence-corrected chi connectivity index (χ3v) is 5.82. The molecule has 2 heterocycles. The Hall–Kier alpha value is -5.23. The summed E-state index contributed by atoms with van der Waals surface area (Å²) in [6.45, 7) is 0.0456. The number of rotatable bonds is 8. The Balaban J connectivity index is 1.68. The van der Waals surface area contributed by atoms with Crippen molar-refractivity contribution in [1.82, 2.24) is 9.66 Å². The first-order valence-electron chi connectivity index (χ1n) is 11.5. The highest BCUT2D eigenvalue weighted by Crippen LogP contribution is 2.38. The lowest BCUT2D eigenvalue weighted by Gasteiger charge is -2.14. The van der Waals surface area contributed by atoms with E-state index in [0.29, 0.717) is 50.8 Å². The van der Waals surface area contributed by atoms with Gasteiger partial charge in [0.1, 0.15) is 17.9 Å². The van der Waals surface area contributed by atoms with Crippen LogP contribution < -0.4 is 24.5 Å². The molecule has 2 aromatic heterocycles. The molecule has 190 valence electrons. The number of nitrogens with zero attached hydrogens (tertiary/aromatic N) is 3. The van der Waals surface area contributed by atoms with Crippen LogP contribution >= 0.6 is 0 Å². The molecule has 5 rings (SSSR count). The minimum Gasteiger partial charge on any atom is -0.496 e. The fraction of sp³-hybridized carbons (Fsp3) is 0.138. The summed E-state index contributed by atoms with van der Waals surface area (Å²) in [4.78, 5) is 18.3. The van der Waals surface area contributed by atoms with Gasteiger partial charge < -0.3 is 23.4 Å². The number of hydrogen-bond donors (Lipinski definition) is 0. The van der Waals surface area contributed by atoms with Crippen molar-refractivity contribution in [3.8, 4) is 46.9 Å². The van der Waals surface area contributed by atoms with Crippen molar-refractivity contribution in [3.63, 3.8) is 0 Å². The zero-order chi connectivity index (χ0) is 26.6. The number of fused-ring (bicyclic) bond motifs is 2. The van der Waals surface area contributed by atoms with E-state index >= 15 is 0 Å². The van der Waals surface area contributed by atoms with Crippen LogP contribution in [0.5, 0.6) is 23.0 Å². The maximum atomic E-state index is 13.6. The van der Waals surface area contributed by atoms with Crippen molar-refractivity contribution < 1.29 is 23.4 Å². The molecule has 0 aliphatic heterocycles. The van der Waals surface area contributed by atoms with Gasteiger partial charge >= 0.3 is 0 Å². The predicted molar refractivity (Wildman–Crippen MR) is 145 cm³/mol. The summed E-state index contributed by atoms with van der Waals surface area (Å²) < 4.78 is 29.3. The molecule has 0 spiro atoms. The van der Waals surface area contributed by atoms with Crippen molar-refractivity contribution in [2.75, 3.05) is 27.9 Å². The largest absolute Gasteiger partial charge is 0.496 e. The zero-order valence-corrected chi connectivity index (χ0v) is 20.9. The number of terminal acetylenes is 1. The van der Waals surface area contributed by atoms with Crippen LogP contribution in [0.3, 0.4) is 0 Å². The van der Waals surface area contributed by atoms with Gasteiger partial charge in [0.2, 0.25) is 11.6 Å². The van der Waals surface area contributed by atoms with E-state index in [1.807, 2.05) is 24.3 Å². The Morgan fingerprint density at radius 1 is 0.974 bits per heavy atom. The van der Waals surface area contributed by atoms with Gasteiger partial charge in [-0.05, 0) is 42.5 Å². The molecule has 0 unspecified atom stereocenters. The number of aromatic nitrogens is 2. The lowest BCUT2D eigenvalue weighted by atomic mass is 10.2. The van der Waals surface area contributed by atoms with Crippen LogP contribution in [-0.2, 0) is 0 Å². The number of furan rings is 1. The molecule has 0 atom stereocenters. The highest BCUT2D eigenvalue weighted by molar-refractivity contribution is 5.89. The van der Waals surface area contributed by atoms with E-state index in [1.54, 1.807) is 43.5 Å². The van der Waals surface area contributed by atoms with Gasteiger partial charge in [-0.25, -0.2) is 4.98 Å². The SMILES string of the molecule is C#CCOc1c(OC)cc(C=Nn2c(-c3cc4c(OC)cccc4o3)nc3ccccc3c2=O)cc1OC. The van der Waals surface area contributed by atoms with Crippen LogP contribution in [-0.4, -0.2) is 43.8 Å². The first kappa shape index (κ1) is 24.5. The topological polar surface area (TPSA) is 97.3 Å². The molecule has 0 N–H and O–H groups in total. The highest BCUT2D eigenvalue weighted by atomic mass is 16.5. The van der Waals surface area contributed by atoms with Crippen LogP contribution in [0.15, 0.2) is 75.0 Å². The van der Waals surface area contributed by atoms with E-state index < -0.39 is 0 Å². The minimum atomic E-state index is -0.359. The molecule has 0 aliphatic carbocycles. The van der Waals surface area contributed by atoms with E-state index in [2.05, 4.69) is 11.0 Å². The van der Waals surface area contributed by atoms with Crippen molar-refractivity contribution in [1.29, 1.82) is 0 Å². The smallest absolute Gasteiger partial charge is 0.282 e. The number of para-hydroxylation sites is 1. The van der Waals surface area contributed by atoms with E-state index in [1.165, 1.54) is 25.1 Å². The molecule has 0 amide bonds. The summed E-state index contributed by atoms with van der Waals surface area (Å²) in [7, 11) is 4.59. The predicted octanol–water partition coefficient (Wildman–Crippen LogP) is 4.73. The third kappa shape index (κ3) is 4.40. The molecule has 0 bridgehead atoms. The average molecular weight is 510 g/mol. The standard InChI is InChI=1S/C29H23N3O6/c1-5-13-37-27-24(35-3)14-18(15-25(27)36-4)17-30-32-28(31-21-10-7-6-9-19(21)29(32)33)26-16-20-22(34-2)11-8-12-23(20)38-26/h1,6-12,14-17H,13H2,2-4H3. The Bertz CT molecular complexity index is 1750. The molecule has 0 fully saturated rings. The molecule has 9 heteroatoms.